The van der Waals surface area contributed by atoms with Crippen molar-refractivity contribution in [1.82, 2.24) is 25.2 Å². The van der Waals surface area contributed by atoms with Crippen LogP contribution in [0.2, 0.25) is 0 Å². The van der Waals surface area contributed by atoms with Crippen molar-refractivity contribution >= 4 is 32.4 Å². The zero-order valence-corrected chi connectivity index (χ0v) is 20.1. The van der Waals surface area contributed by atoms with E-state index in [1.807, 2.05) is 25.1 Å². The van der Waals surface area contributed by atoms with Gasteiger partial charge in [-0.1, -0.05) is 24.3 Å². The van der Waals surface area contributed by atoms with Gasteiger partial charge in [0.1, 0.15) is 0 Å². The molecule has 3 aromatic rings. The van der Waals surface area contributed by atoms with Gasteiger partial charge in [-0.3, -0.25) is 4.79 Å². The van der Waals surface area contributed by atoms with E-state index in [1.54, 1.807) is 24.3 Å². The summed E-state index contributed by atoms with van der Waals surface area (Å²) in [4.78, 5) is 16.6. The number of hydrogen-bond donors (Lipinski definition) is 2. The predicted molar refractivity (Wildman–Crippen MR) is 120 cm³/mol. The van der Waals surface area contributed by atoms with Crippen molar-refractivity contribution in [2.24, 2.45) is 0 Å². The van der Waals surface area contributed by atoms with Gasteiger partial charge in [0.15, 0.2) is 11.4 Å². The van der Waals surface area contributed by atoms with Crippen LogP contribution in [0.25, 0.3) is 10.8 Å². The first-order valence-corrected chi connectivity index (χ1v) is 12.0. The van der Waals surface area contributed by atoms with Crippen molar-refractivity contribution < 1.29 is 39.6 Å². The van der Waals surface area contributed by atoms with Crippen LogP contribution in [0, 0.1) is 0 Å². The lowest BCUT2D eigenvalue weighted by atomic mass is 10.1. The third-order valence-corrected chi connectivity index (χ3v) is 6.51. The van der Waals surface area contributed by atoms with Gasteiger partial charge in [0, 0.05) is 43.6 Å². The molecule has 1 aromatic heterocycles. The molecule has 0 aliphatic heterocycles. The normalized spacial score (nSPS) is 12.5. The van der Waals surface area contributed by atoms with Crippen LogP contribution < -0.4 is 14.9 Å². The minimum Gasteiger partial charge on any atom is -0.377 e. The predicted octanol–water partition coefficient (Wildman–Crippen LogP) is 3.23. The van der Waals surface area contributed by atoms with Gasteiger partial charge in [0.2, 0.25) is 15.8 Å². The first-order valence-electron chi connectivity index (χ1n) is 10.5. The van der Waals surface area contributed by atoms with E-state index in [1.165, 1.54) is 6.07 Å². The maximum Gasteiger partial charge on any atom is 0.437 e. The second kappa shape index (κ2) is 10.5. The molecule has 0 spiro atoms. The highest BCUT2D eigenvalue weighted by Gasteiger charge is 2.47. The molecular formula is C21H20F6N6O3S. The number of benzene rings is 2. The molecule has 1 heterocycles. The molecule has 2 aromatic carbocycles. The Balaban J connectivity index is 1.64. The molecule has 0 fully saturated rings. The van der Waals surface area contributed by atoms with Crippen molar-refractivity contribution in [1.29, 1.82) is 0 Å². The first kappa shape index (κ1) is 28.0. The number of hydrogen-bond acceptors (Lipinski definition) is 7. The Hall–Kier alpha value is -3.53. The molecule has 200 valence electrons. The molecule has 3 rings (SSSR count). The Kier molecular flexibility index (Phi) is 7.92. The molecule has 1 amide bonds. The van der Waals surface area contributed by atoms with Crippen LogP contribution in [0.15, 0.2) is 41.3 Å². The summed E-state index contributed by atoms with van der Waals surface area (Å²) in [6.07, 6.45) is -11.0. The third-order valence-electron chi connectivity index (χ3n) is 4.99. The molecule has 0 atom stereocenters. The lowest BCUT2D eigenvalue weighted by Gasteiger charge is -2.17. The van der Waals surface area contributed by atoms with Crippen molar-refractivity contribution in [3.8, 4) is 0 Å². The zero-order chi connectivity index (χ0) is 27.6. The summed E-state index contributed by atoms with van der Waals surface area (Å²) >= 11 is 0. The Morgan fingerprint density at radius 3 is 2.14 bits per heavy atom. The van der Waals surface area contributed by atoms with Crippen LogP contribution in [0.4, 0.5) is 32.0 Å². The molecule has 0 saturated heterocycles. The van der Waals surface area contributed by atoms with E-state index in [-0.39, 0.29) is 24.4 Å². The number of halogens is 6. The summed E-state index contributed by atoms with van der Waals surface area (Å²) < 4.78 is 105. The fourth-order valence-electron chi connectivity index (χ4n) is 3.35. The Morgan fingerprint density at radius 2 is 1.51 bits per heavy atom. The van der Waals surface area contributed by atoms with Gasteiger partial charge in [0.05, 0.1) is 4.90 Å². The Labute approximate surface area is 206 Å². The number of rotatable bonds is 8. The molecule has 0 radical (unpaired) electrons. The van der Waals surface area contributed by atoms with Crippen LogP contribution in [0.1, 0.15) is 28.4 Å². The molecule has 16 heteroatoms. The minimum atomic E-state index is -5.52. The summed E-state index contributed by atoms with van der Waals surface area (Å²) in [6.45, 7) is -0.403. The summed E-state index contributed by atoms with van der Waals surface area (Å²) in [5.74, 6) is -2.52. The SMILES string of the molecule is CN(C)c1cccc2c(S(=O)(=O)NCCCNC(=O)c3nnc(C(F)(F)F)c(C(F)(F)F)n3)cccc12. The van der Waals surface area contributed by atoms with Crippen LogP contribution in [0.3, 0.4) is 0 Å². The smallest absolute Gasteiger partial charge is 0.377 e. The van der Waals surface area contributed by atoms with Gasteiger partial charge in [0.25, 0.3) is 5.91 Å². The van der Waals surface area contributed by atoms with Crippen LogP contribution >= 0.6 is 0 Å². The van der Waals surface area contributed by atoms with Gasteiger partial charge >= 0.3 is 12.4 Å². The molecule has 0 aliphatic carbocycles. The number of fused-ring (bicyclic) bond motifs is 1. The number of anilines is 1. The van der Waals surface area contributed by atoms with E-state index in [4.69, 9.17) is 0 Å². The third kappa shape index (κ3) is 6.43. The lowest BCUT2D eigenvalue weighted by Crippen LogP contribution is -2.32. The fraction of sp³-hybridized carbons (Fsp3) is 0.333. The van der Waals surface area contributed by atoms with E-state index >= 15 is 0 Å². The standard InChI is InChI=1S/C21H20F6N6O3S/c1-33(2)14-8-3-7-13-12(14)6-4-9-15(13)37(35,36)29-11-5-10-28-19(34)18-30-16(20(22,23)24)17(31-32-18)21(25,26)27/h3-4,6-9,29H,5,10-11H2,1-2H3,(H,28,34). The molecule has 37 heavy (non-hydrogen) atoms. The topological polar surface area (TPSA) is 117 Å². The second-order valence-corrected chi connectivity index (χ2v) is 9.59. The van der Waals surface area contributed by atoms with Crippen molar-refractivity contribution in [3.63, 3.8) is 0 Å². The van der Waals surface area contributed by atoms with Crippen molar-refractivity contribution in [2.75, 3.05) is 32.1 Å². The number of amides is 1. The lowest BCUT2D eigenvalue weighted by molar-refractivity contribution is -0.168. The first-order chi connectivity index (χ1) is 17.1. The number of aromatic nitrogens is 3. The van der Waals surface area contributed by atoms with Gasteiger partial charge < -0.3 is 10.2 Å². The number of nitrogens with one attached hydrogen (secondary N) is 2. The average Bonchev–Trinajstić information content (AvgIpc) is 2.81. The van der Waals surface area contributed by atoms with Crippen molar-refractivity contribution in [3.05, 3.63) is 53.6 Å². The van der Waals surface area contributed by atoms with E-state index < -0.39 is 45.5 Å². The average molecular weight is 550 g/mol. The van der Waals surface area contributed by atoms with Gasteiger partial charge in [-0.05, 0) is 18.6 Å². The number of nitrogens with zero attached hydrogens (tertiary/aromatic N) is 4. The summed E-state index contributed by atoms with van der Waals surface area (Å²) in [5.41, 5.74) is -3.94. The number of alkyl halides is 6. The highest BCUT2D eigenvalue weighted by Crippen LogP contribution is 2.37. The zero-order valence-electron chi connectivity index (χ0n) is 19.3. The number of carbonyl (C=O) groups is 1. The maximum absolute atomic E-state index is 13.0. The van der Waals surface area contributed by atoms with Gasteiger partial charge in [-0.15, -0.1) is 10.2 Å². The quantitative estimate of drug-likeness (QED) is 0.327. The highest BCUT2D eigenvalue weighted by atomic mass is 32.2. The van der Waals surface area contributed by atoms with E-state index in [0.29, 0.717) is 10.8 Å². The highest BCUT2D eigenvalue weighted by molar-refractivity contribution is 7.89. The van der Waals surface area contributed by atoms with E-state index in [2.05, 4.69) is 25.2 Å². The molecule has 9 nitrogen and oxygen atoms in total. The maximum atomic E-state index is 13.0. The molecule has 0 saturated carbocycles. The molecule has 0 aliphatic rings. The largest absolute Gasteiger partial charge is 0.437 e. The minimum absolute atomic E-state index is 0.00112. The summed E-state index contributed by atoms with van der Waals surface area (Å²) in [6, 6.07) is 10.0. The van der Waals surface area contributed by atoms with Gasteiger partial charge in [-0.2, -0.15) is 26.3 Å². The van der Waals surface area contributed by atoms with Crippen LogP contribution in [0.5, 0.6) is 0 Å². The number of sulfonamides is 1. The number of carbonyl (C=O) groups excluding carboxylic acids is 1. The van der Waals surface area contributed by atoms with E-state index in [0.717, 1.165) is 5.69 Å². The fourth-order valence-corrected chi connectivity index (χ4v) is 4.65. The summed E-state index contributed by atoms with van der Waals surface area (Å²) in [7, 11) is -0.335. The molecule has 0 bridgehead atoms. The monoisotopic (exact) mass is 550 g/mol. The Bertz CT molecular complexity index is 1410. The second-order valence-electron chi connectivity index (χ2n) is 7.86. The van der Waals surface area contributed by atoms with Crippen LogP contribution in [-0.4, -0.2) is 56.7 Å². The molecule has 0 unspecified atom stereocenters. The van der Waals surface area contributed by atoms with E-state index in [9.17, 15) is 39.6 Å². The van der Waals surface area contributed by atoms with Crippen molar-refractivity contribution in [2.45, 2.75) is 23.7 Å². The van der Waals surface area contributed by atoms with Gasteiger partial charge in [-0.25, -0.2) is 18.1 Å². The summed E-state index contributed by atoms with van der Waals surface area (Å²) in [5, 5.41) is 8.63. The van der Waals surface area contributed by atoms with Crippen LogP contribution in [-0.2, 0) is 22.4 Å². The molecular weight excluding hydrogens is 530 g/mol. The Morgan fingerprint density at radius 1 is 0.892 bits per heavy atom. The molecule has 2 N–H and O–H groups in total.